The normalized spacial score (nSPS) is 27.4. The Morgan fingerprint density at radius 2 is 1.80 bits per heavy atom. The SMILES string of the molecule is O=S(=O)(N[C@@H]1c2ccccc2C[C@@H]1O)C1CCCCC1. The Labute approximate surface area is 120 Å². The van der Waals surface area contributed by atoms with Gasteiger partial charge in [-0.1, -0.05) is 43.5 Å². The summed E-state index contributed by atoms with van der Waals surface area (Å²) >= 11 is 0. The molecule has 5 heteroatoms. The van der Waals surface area contributed by atoms with Crippen LogP contribution < -0.4 is 4.72 Å². The van der Waals surface area contributed by atoms with Crippen LogP contribution in [0.5, 0.6) is 0 Å². The predicted molar refractivity (Wildman–Crippen MR) is 77.8 cm³/mol. The number of sulfonamides is 1. The number of hydrogen-bond donors (Lipinski definition) is 2. The lowest BCUT2D eigenvalue weighted by molar-refractivity contribution is 0.151. The van der Waals surface area contributed by atoms with Gasteiger partial charge in [-0.3, -0.25) is 0 Å². The van der Waals surface area contributed by atoms with Gasteiger partial charge in [0.1, 0.15) is 0 Å². The molecule has 1 fully saturated rings. The molecule has 20 heavy (non-hydrogen) atoms. The molecule has 110 valence electrons. The fourth-order valence-corrected chi connectivity index (χ4v) is 5.15. The van der Waals surface area contributed by atoms with Gasteiger partial charge >= 0.3 is 0 Å². The first-order valence-corrected chi connectivity index (χ1v) is 8.89. The van der Waals surface area contributed by atoms with Crippen LogP contribution in [0.3, 0.4) is 0 Å². The first-order chi connectivity index (χ1) is 9.58. The molecule has 0 saturated heterocycles. The summed E-state index contributed by atoms with van der Waals surface area (Å²) in [6.45, 7) is 0. The maximum Gasteiger partial charge on any atom is 0.215 e. The van der Waals surface area contributed by atoms with Gasteiger partial charge in [-0.25, -0.2) is 13.1 Å². The third kappa shape index (κ3) is 2.62. The van der Waals surface area contributed by atoms with Crippen molar-refractivity contribution in [1.82, 2.24) is 4.72 Å². The Kier molecular flexibility index (Phi) is 3.84. The summed E-state index contributed by atoms with van der Waals surface area (Å²) < 4.78 is 27.7. The van der Waals surface area contributed by atoms with Crippen LogP contribution in [0, 0.1) is 0 Å². The summed E-state index contributed by atoms with van der Waals surface area (Å²) in [5, 5.41) is 9.85. The van der Waals surface area contributed by atoms with Gasteiger partial charge in [-0.2, -0.15) is 0 Å². The lowest BCUT2D eigenvalue weighted by atomic mass is 10.0. The van der Waals surface area contributed by atoms with Crippen molar-refractivity contribution in [2.24, 2.45) is 0 Å². The van der Waals surface area contributed by atoms with E-state index in [0.29, 0.717) is 6.42 Å². The highest BCUT2D eigenvalue weighted by molar-refractivity contribution is 7.90. The number of aliphatic hydroxyl groups excluding tert-OH is 1. The molecule has 2 aliphatic carbocycles. The molecule has 1 saturated carbocycles. The summed E-state index contributed by atoms with van der Waals surface area (Å²) in [7, 11) is -3.35. The summed E-state index contributed by atoms with van der Waals surface area (Å²) in [4.78, 5) is 0. The van der Waals surface area contributed by atoms with Gasteiger partial charge in [0.15, 0.2) is 0 Å². The van der Waals surface area contributed by atoms with Gasteiger partial charge in [-0.15, -0.1) is 0 Å². The molecule has 2 aliphatic rings. The minimum Gasteiger partial charge on any atom is -0.391 e. The fraction of sp³-hybridized carbons (Fsp3) is 0.600. The second-order valence-electron chi connectivity index (χ2n) is 5.87. The highest BCUT2D eigenvalue weighted by Crippen LogP contribution is 2.33. The van der Waals surface area contributed by atoms with E-state index >= 15 is 0 Å². The molecular formula is C15H21NO3S. The van der Waals surface area contributed by atoms with E-state index in [0.717, 1.165) is 43.2 Å². The van der Waals surface area contributed by atoms with Crippen molar-refractivity contribution >= 4 is 10.0 Å². The third-order valence-corrected chi connectivity index (χ3v) is 6.42. The predicted octanol–water partition coefficient (Wildman–Crippen LogP) is 1.90. The van der Waals surface area contributed by atoms with E-state index in [-0.39, 0.29) is 5.25 Å². The zero-order valence-electron chi connectivity index (χ0n) is 11.5. The Balaban J connectivity index is 1.80. The quantitative estimate of drug-likeness (QED) is 0.895. The summed E-state index contributed by atoms with van der Waals surface area (Å²) in [6.07, 6.45) is 4.42. The van der Waals surface area contributed by atoms with Crippen molar-refractivity contribution in [3.63, 3.8) is 0 Å². The minimum absolute atomic E-state index is 0.295. The molecule has 0 amide bonds. The van der Waals surface area contributed by atoms with Crippen molar-refractivity contribution < 1.29 is 13.5 Å². The van der Waals surface area contributed by atoms with E-state index < -0.39 is 22.2 Å². The molecule has 0 aromatic heterocycles. The van der Waals surface area contributed by atoms with E-state index in [9.17, 15) is 13.5 Å². The summed E-state index contributed by atoms with van der Waals surface area (Å²) in [5.41, 5.74) is 1.95. The minimum atomic E-state index is -3.35. The van der Waals surface area contributed by atoms with Gasteiger partial charge in [0.05, 0.1) is 17.4 Å². The second kappa shape index (κ2) is 5.47. The van der Waals surface area contributed by atoms with Crippen LogP contribution in [0.15, 0.2) is 24.3 Å². The summed E-state index contributed by atoms with van der Waals surface area (Å²) in [5.74, 6) is 0. The Morgan fingerprint density at radius 3 is 2.55 bits per heavy atom. The van der Waals surface area contributed by atoms with Gasteiger partial charge in [0, 0.05) is 6.42 Å². The average Bonchev–Trinajstić information content (AvgIpc) is 2.76. The van der Waals surface area contributed by atoms with Crippen LogP contribution in [0.4, 0.5) is 0 Å². The number of rotatable bonds is 3. The van der Waals surface area contributed by atoms with Gasteiger partial charge < -0.3 is 5.11 Å². The Morgan fingerprint density at radius 1 is 1.10 bits per heavy atom. The van der Waals surface area contributed by atoms with Crippen molar-refractivity contribution in [2.75, 3.05) is 0 Å². The van der Waals surface area contributed by atoms with E-state index in [1.165, 1.54) is 0 Å². The largest absolute Gasteiger partial charge is 0.391 e. The topological polar surface area (TPSA) is 66.4 Å². The zero-order chi connectivity index (χ0) is 14.2. The first-order valence-electron chi connectivity index (χ1n) is 7.35. The lowest BCUT2D eigenvalue weighted by Gasteiger charge is -2.25. The average molecular weight is 295 g/mol. The molecule has 2 atom stereocenters. The fourth-order valence-electron chi connectivity index (χ4n) is 3.36. The monoisotopic (exact) mass is 295 g/mol. The molecular weight excluding hydrogens is 274 g/mol. The van der Waals surface area contributed by atoms with Crippen LogP contribution in [0.2, 0.25) is 0 Å². The molecule has 1 aromatic carbocycles. The Hall–Kier alpha value is -0.910. The van der Waals surface area contributed by atoms with Crippen LogP contribution in [0.25, 0.3) is 0 Å². The highest BCUT2D eigenvalue weighted by Gasteiger charge is 2.36. The maximum atomic E-state index is 12.5. The van der Waals surface area contributed by atoms with Crippen molar-refractivity contribution in [1.29, 1.82) is 0 Å². The number of hydrogen-bond acceptors (Lipinski definition) is 3. The molecule has 1 aromatic rings. The molecule has 3 rings (SSSR count). The molecule has 0 spiro atoms. The smallest absolute Gasteiger partial charge is 0.215 e. The van der Waals surface area contributed by atoms with Gasteiger partial charge in [0.25, 0.3) is 0 Å². The molecule has 0 bridgehead atoms. The number of nitrogens with one attached hydrogen (secondary N) is 1. The number of aliphatic hydroxyl groups is 1. The summed E-state index contributed by atoms with van der Waals surface area (Å²) in [6, 6.07) is 7.17. The van der Waals surface area contributed by atoms with Crippen molar-refractivity contribution in [3.8, 4) is 0 Å². The molecule has 0 heterocycles. The van der Waals surface area contributed by atoms with Crippen LogP contribution >= 0.6 is 0 Å². The van der Waals surface area contributed by atoms with Crippen LogP contribution in [0.1, 0.15) is 49.3 Å². The van der Waals surface area contributed by atoms with Crippen molar-refractivity contribution in [3.05, 3.63) is 35.4 Å². The van der Waals surface area contributed by atoms with Crippen molar-refractivity contribution in [2.45, 2.75) is 55.9 Å². The van der Waals surface area contributed by atoms with E-state index in [4.69, 9.17) is 0 Å². The van der Waals surface area contributed by atoms with Gasteiger partial charge in [0.2, 0.25) is 10.0 Å². The standard InChI is InChI=1S/C15H21NO3S/c17-14-10-11-6-4-5-9-13(11)15(14)16-20(18,19)12-7-2-1-3-8-12/h4-6,9,12,14-17H,1-3,7-8,10H2/t14-,15+/m0/s1. The highest BCUT2D eigenvalue weighted by atomic mass is 32.2. The molecule has 0 aliphatic heterocycles. The zero-order valence-corrected chi connectivity index (χ0v) is 12.3. The van der Waals surface area contributed by atoms with E-state index in [2.05, 4.69) is 4.72 Å². The third-order valence-electron chi connectivity index (χ3n) is 4.49. The molecule has 2 N–H and O–H groups in total. The van der Waals surface area contributed by atoms with Crippen LogP contribution in [-0.2, 0) is 16.4 Å². The first kappa shape index (κ1) is 14.0. The Bertz CT molecular complexity index is 579. The van der Waals surface area contributed by atoms with E-state index in [1.54, 1.807) is 0 Å². The molecule has 4 nitrogen and oxygen atoms in total. The second-order valence-corrected chi connectivity index (χ2v) is 7.86. The van der Waals surface area contributed by atoms with E-state index in [1.807, 2.05) is 24.3 Å². The molecule has 0 radical (unpaired) electrons. The maximum absolute atomic E-state index is 12.5. The van der Waals surface area contributed by atoms with Gasteiger partial charge in [-0.05, 0) is 24.0 Å². The number of benzene rings is 1. The number of fused-ring (bicyclic) bond motifs is 1. The molecule has 0 unspecified atom stereocenters. The van der Waals surface area contributed by atoms with Crippen LogP contribution in [-0.4, -0.2) is 24.9 Å². The lowest BCUT2D eigenvalue weighted by Crippen LogP contribution is -2.40.